The molecule has 0 radical (unpaired) electrons. The van der Waals surface area contributed by atoms with Gasteiger partial charge in [-0.3, -0.25) is 38.4 Å². The van der Waals surface area contributed by atoms with E-state index >= 15 is 0 Å². The Bertz CT molecular complexity index is 1850. The quantitative estimate of drug-likeness (QED) is 0.134. The molecule has 8 amide bonds. The van der Waals surface area contributed by atoms with Crippen molar-refractivity contribution in [3.8, 4) is 0 Å². The number of imidazole rings is 1. The van der Waals surface area contributed by atoms with E-state index in [9.17, 15) is 38.4 Å². The first-order valence-corrected chi connectivity index (χ1v) is 18.1. The van der Waals surface area contributed by atoms with Crippen LogP contribution in [0.5, 0.6) is 0 Å². The summed E-state index contributed by atoms with van der Waals surface area (Å²) in [5.74, 6) is -4.91. The van der Waals surface area contributed by atoms with Crippen molar-refractivity contribution in [3.63, 3.8) is 0 Å². The minimum atomic E-state index is -1.32. The van der Waals surface area contributed by atoms with Crippen LogP contribution >= 0.6 is 0 Å². The van der Waals surface area contributed by atoms with Crippen LogP contribution in [0.4, 0.5) is 0 Å². The minimum Gasteiger partial charge on any atom is -0.356 e. The highest BCUT2D eigenvalue weighted by atomic mass is 16.2. The SMILES string of the molecule is CC(=O)NCC(=O)N[C@H]1CCC(=O)NCCCCNC(=O)[C@H](C)NC(=O)CNC(=O)[C@@H](Cc2ccc3ccccc3c2)NC(=O)[C@H](Cc2c[nH]cn2)NC1=O. The van der Waals surface area contributed by atoms with Crippen LogP contribution in [0.25, 0.3) is 10.8 Å². The number of hydrogen-bond acceptors (Lipinski definition) is 9. The Morgan fingerprint density at radius 3 is 2.22 bits per heavy atom. The average molecular weight is 761 g/mol. The second-order valence-electron chi connectivity index (χ2n) is 13.2. The van der Waals surface area contributed by atoms with Crippen LogP contribution in [0.3, 0.4) is 0 Å². The van der Waals surface area contributed by atoms with Gasteiger partial charge in [-0.1, -0.05) is 42.5 Å². The van der Waals surface area contributed by atoms with Crippen LogP contribution in [0.15, 0.2) is 55.0 Å². The Hall–Kier alpha value is -6.33. The largest absolute Gasteiger partial charge is 0.356 e. The number of hydrogen-bond donors (Lipinski definition) is 9. The van der Waals surface area contributed by atoms with E-state index < -0.39 is 84.5 Å². The molecule has 294 valence electrons. The maximum absolute atomic E-state index is 14.1. The molecule has 0 spiro atoms. The van der Waals surface area contributed by atoms with E-state index in [0.29, 0.717) is 24.1 Å². The lowest BCUT2D eigenvalue weighted by atomic mass is 10.0. The lowest BCUT2D eigenvalue weighted by Gasteiger charge is -2.25. The number of H-pyrrole nitrogens is 1. The van der Waals surface area contributed by atoms with Gasteiger partial charge in [0, 0.05) is 45.5 Å². The molecule has 2 heterocycles. The Morgan fingerprint density at radius 1 is 0.782 bits per heavy atom. The molecule has 2 aromatic carbocycles. The molecule has 18 heteroatoms. The first kappa shape index (κ1) is 41.4. The van der Waals surface area contributed by atoms with Crippen molar-refractivity contribution in [1.82, 2.24) is 52.5 Å². The second kappa shape index (κ2) is 20.8. The van der Waals surface area contributed by atoms with Crippen LogP contribution < -0.4 is 42.5 Å². The Balaban J connectivity index is 1.63. The number of aromatic nitrogens is 2. The van der Waals surface area contributed by atoms with Gasteiger partial charge in [0.2, 0.25) is 47.3 Å². The van der Waals surface area contributed by atoms with Gasteiger partial charge in [-0.05, 0) is 42.5 Å². The minimum absolute atomic E-state index is 0.00283. The van der Waals surface area contributed by atoms with Gasteiger partial charge in [0.05, 0.1) is 25.1 Å². The van der Waals surface area contributed by atoms with Crippen molar-refractivity contribution >= 4 is 58.0 Å². The zero-order chi connectivity index (χ0) is 39.7. The molecule has 1 fully saturated rings. The van der Waals surface area contributed by atoms with Crippen molar-refractivity contribution in [3.05, 3.63) is 66.2 Å². The first-order valence-electron chi connectivity index (χ1n) is 18.1. The molecular formula is C37H48N10O8. The van der Waals surface area contributed by atoms with Crippen LogP contribution in [0, 0.1) is 0 Å². The van der Waals surface area contributed by atoms with Gasteiger partial charge in [0.25, 0.3) is 0 Å². The molecule has 0 saturated carbocycles. The Kier molecular flexibility index (Phi) is 15.7. The van der Waals surface area contributed by atoms with Gasteiger partial charge in [-0.25, -0.2) is 4.98 Å². The predicted octanol–water partition coefficient (Wildman–Crippen LogP) is -1.63. The molecule has 0 aliphatic carbocycles. The molecule has 18 nitrogen and oxygen atoms in total. The Labute approximate surface area is 317 Å². The van der Waals surface area contributed by atoms with Gasteiger partial charge >= 0.3 is 0 Å². The van der Waals surface area contributed by atoms with E-state index in [4.69, 9.17) is 0 Å². The summed E-state index contributed by atoms with van der Waals surface area (Å²) in [5, 5.41) is 22.7. The van der Waals surface area contributed by atoms with Crippen LogP contribution in [0.1, 0.15) is 50.8 Å². The highest BCUT2D eigenvalue weighted by molar-refractivity contribution is 5.96. The third-order valence-electron chi connectivity index (χ3n) is 8.72. The fraction of sp³-hybridized carbons (Fsp3) is 0.432. The molecule has 1 aliphatic heterocycles. The molecule has 0 unspecified atom stereocenters. The number of benzene rings is 2. The summed E-state index contributed by atoms with van der Waals surface area (Å²) in [6, 6.07) is 8.41. The summed E-state index contributed by atoms with van der Waals surface area (Å²) in [6.45, 7) is 2.37. The zero-order valence-corrected chi connectivity index (χ0v) is 30.8. The number of carbonyl (C=O) groups is 8. The zero-order valence-electron chi connectivity index (χ0n) is 30.8. The maximum Gasteiger partial charge on any atom is 0.243 e. The van der Waals surface area contributed by atoms with E-state index in [1.54, 1.807) is 0 Å². The van der Waals surface area contributed by atoms with E-state index in [1.807, 2.05) is 42.5 Å². The summed E-state index contributed by atoms with van der Waals surface area (Å²) in [4.78, 5) is 111. The molecule has 4 rings (SSSR count). The van der Waals surface area contributed by atoms with Gasteiger partial charge in [0.15, 0.2) is 0 Å². The lowest BCUT2D eigenvalue weighted by Crippen LogP contribution is -2.58. The van der Waals surface area contributed by atoms with E-state index in [0.717, 1.165) is 10.8 Å². The van der Waals surface area contributed by atoms with Crippen LogP contribution in [0.2, 0.25) is 0 Å². The number of fused-ring (bicyclic) bond motifs is 1. The second-order valence-corrected chi connectivity index (χ2v) is 13.2. The van der Waals surface area contributed by atoms with E-state index in [-0.39, 0.29) is 38.8 Å². The number of amides is 8. The smallest absolute Gasteiger partial charge is 0.243 e. The summed E-state index contributed by atoms with van der Waals surface area (Å²) in [6.07, 6.45) is 3.51. The molecular weight excluding hydrogens is 712 g/mol. The van der Waals surface area contributed by atoms with Crippen molar-refractivity contribution < 1.29 is 38.4 Å². The summed E-state index contributed by atoms with van der Waals surface area (Å²) < 4.78 is 0. The first-order chi connectivity index (χ1) is 26.4. The number of nitrogens with zero attached hydrogens (tertiary/aromatic N) is 1. The summed E-state index contributed by atoms with van der Waals surface area (Å²) >= 11 is 0. The third-order valence-corrected chi connectivity index (χ3v) is 8.72. The molecule has 1 saturated heterocycles. The molecule has 1 aliphatic rings. The average Bonchev–Trinajstić information content (AvgIpc) is 3.68. The molecule has 9 N–H and O–H groups in total. The standard InChI is InChI=1S/C37H48N10O8/c1-22-34(52)40-14-6-5-13-39-31(49)12-11-28(45-33(51)19-41-23(2)48)36(54)47-30(17-27-18-38-21-43-27)37(55)46-29(35(53)42-20-32(50)44-22)16-24-9-10-25-7-3-4-8-26(25)15-24/h3-4,7-10,15,18,21-22,28-30H,5-6,11-14,16-17,19-20H2,1-2H3,(H,38,43)(H,39,49)(H,40,52)(H,41,48)(H,42,53)(H,44,50)(H,45,51)(H,46,55)(H,47,54)/t22-,28-,29+,30-/m0/s1. The summed E-state index contributed by atoms with van der Waals surface area (Å²) in [7, 11) is 0. The molecule has 3 aromatic rings. The van der Waals surface area contributed by atoms with E-state index in [1.165, 1.54) is 26.4 Å². The maximum atomic E-state index is 14.1. The van der Waals surface area contributed by atoms with Crippen molar-refractivity contribution in [2.24, 2.45) is 0 Å². The number of nitrogens with one attached hydrogen (secondary N) is 9. The fourth-order valence-electron chi connectivity index (χ4n) is 5.75. The molecule has 4 atom stereocenters. The van der Waals surface area contributed by atoms with Gasteiger partial charge in [-0.15, -0.1) is 0 Å². The van der Waals surface area contributed by atoms with Gasteiger partial charge in [0.1, 0.15) is 24.2 Å². The molecule has 1 aromatic heterocycles. The lowest BCUT2D eigenvalue weighted by molar-refractivity contribution is -0.134. The van der Waals surface area contributed by atoms with Gasteiger partial charge in [-0.2, -0.15) is 0 Å². The van der Waals surface area contributed by atoms with Crippen molar-refractivity contribution in [2.75, 3.05) is 26.2 Å². The van der Waals surface area contributed by atoms with E-state index in [2.05, 4.69) is 52.5 Å². The van der Waals surface area contributed by atoms with Crippen LogP contribution in [-0.4, -0.2) is 108 Å². The Morgan fingerprint density at radius 2 is 1.49 bits per heavy atom. The normalized spacial score (nSPS) is 21.5. The predicted molar refractivity (Wildman–Crippen MR) is 200 cm³/mol. The third kappa shape index (κ3) is 13.9. The van der Waals surface area contributed by atoms with Crippen LogP contribution in [-0.2, 0) is 51.2 Å². The highest BCUT2D eigenvalue weighted by Crippen LogP contribution is 2.17. The highest BCUT2D eigenvalue weighted by Gasteiger charge is 2.31. The van der Waals surface area contributed by atoms with Crippen molar-refractivity contribution in [1.29, 1.82) is 0 Å². The topological polar surface area (TPSA) is 261 Å². The number of rotatable bonds is 7. The monoisotopic (exact) mass is 760 g/mol. The van der Waals surface area contributed by atoms with Gasteiger partial charge < -0.3 is 47.5 Å². The fourth-order valence-corrected chi connectivity index (χ4v) is 5.75. The number of carbonyl (C=O) groups excluding carboxylic acids is 8. The number of aromatic amines is 1. The molecule has 55 heavy (non-hydrogen) atoms. The molecule has 0 bridgehead atoms. The van der Waals surface area contributed by atoms with Crippen molar-refractivity contribution in [2.45, 2.75) is 76.5 Å². The summed E-state index contributed by atoms with van der Waals surface area (Å²) in [5.41, 5.74) is 1.09.